The fourth-order valence-electron chi connectivity index (χ4n) is 5.02. The molecular formula is C29H35N5O5. The normalized spacial score (nSPS) is 16.5. The van der Waals surface area contributed by atoms with Crippen LogP contribution in [0.5, 0.6) is 5.75 Å². The summed E-state index contributed by atoms with van der Waals surface area (Å²) in [6.45, 7) is 3.95. The molecule has 1 aromatic heterocycles. The highest BCUT2D eigenvalue weighted by Gasteiger charge is 2.32. The van der Waals surface area contributed by atoms with Gasteiger partial charge in [0.2, 0.25) is 0 Å². The molecule has 1 saturated carbocycles. The molecule has 1 amide bonds. The topological polar surface area (TPSA) is 108 Å². The van der Waals surface area contributed by atoms with Gasteiger partial charge in [-0.2, -0.15) is 0 Å². The second-order valence-electron chi connectivity index (χ2n) is 10.2. The number of benzene rings is 2. The lowest BCUT2D eigenvalue weighted by Crippen LogP contribution is -2.33. The van der Waals surface area contributed by atoms with Crippen LogP contribution in [0.4, 0.5) is 16.3 Å². The van der Waals surface area contributed by atoms with E-state index in [2.05, 4.69) is 20.5 Å². The zero-order chi connectivity index (χ0) is 27.4. The molecule has 3 aromatic rings. The van der Waals surface area contributed by atoms with Crippen molar-refractivity contribution < 1.29 is 23.8 Å². The van der Waals surface area contributed by atoms with Gasteiger partial charge in [-0.05, 0) is 68.0 Å². The lowest BCUT2D eigenvalue weighted by molar-refractivity contribution is -0.135. The van der Waals surface area contributed by atoms with Gasteiger partial charge in [0.15, 0.2) is 5.82 Å². The summed E-state index contributed by atoms with van der Waals surface area (Å²) >= 11 is 0. The largest absolute Gasteiger partial charge is 0.441 e. The molecule has 0 spiro atoms. The summed E-state index contributed by atoms with van der Waals surface area (Å²) in [6, 6.07) is 15.4. The summed E-state index contributed by atoms with van der Waals surface area (Å²) in [4.78, 5) is 27.1. The SMILES string of the molecule is COCc1ccccc1C(C)OC(=O)Nc1c(C2CCN(c3ccc(OC(=O)C4CC4)cc3)CC2)nnn1C. The number of amides is 1. The first-order chi connectivity index (χ1) is 18.9. The third-order valence-electron chi connectivity index (χ3n) is 7.36. The number of hydrogen-bond acceptors (Lipinski definition) is 8. The highest BCUT2D eigenvalue weighted by molar-refractivity contribution is 5.84. The number of nitrogens with one attached hydrogen (secondary N) is 1. The number of carbonyl (C=O) groups excluding carboxylic acids is 2. The number of rotatable bonds is 9. The van der Waals surface area contributed by atoms with E-state index in [0.717, 1.165) is 61.3 Å². The molecule has 1 aliphatic carbocycles. The Labute approximate surface area is 228 Å². The van der Waals surface area contributed by atoms with Gasteiger partial charge in [-0.25, -0.2) is 9.48 Å². The van der Waals surface area contributed by atoms with Crippen molar-refractivity contribution >= 4 is 23.6 Å². The van der Waals surface area contributed by atoms with E-state index >= 15 is 0 Å². The van der Waals surface area contributed by atoms with Gasteiger partial charge in [0.05, 0.1) is 12.5 Å². The molecule has 10 nitrogen and oxygen atoms in total. The molecule has 2 aliphatic rings. The van der Waals surface area contributed by atoms with Crippen molar-refractivity contribution in [3.05, 3.63) is 65.4 Å². The third kappa shape index (κ3) is 6.39. The maximum Gasteiger partial charge on any atom is 0.413 e. The van der Waals surface area contributed by atoms with Crippen LogP contribution in [-0.4, -0.2) is 47.3 Å². The second-order valence-corrected chi connectivity index (χ2v) is 10.2. The molecule has 1 atom stereocenters. The number of piperidine rings is 1. The van der Waals surface area contributed by atoms with Crippen molar-refractivity contribution in [1.29, 1.82) is 0 Å². The smallest absolute Gasteiger partial charge is 0.413 e. The number of methoxy groups -OCH3 is 1. The molecule has 5 rings (SSSR count). The zero-order valence-corrected chi connectivity index (χ0v) is 22.6. The van der Waals surface area contributed by atoms with Crippen molar-refractivity contribution in [3.8, 4) is 5.75 Å². The summed E-state index contributed by atoms with van der Waals surface area (Å²) in [5.74, 6) is 1.24. The Kier molecular flexibility index (Phi) is 8.11. The fourth-order valence-corrected chi connectivity index (χ4v) is 5.02. The number of ether oxygens (including phenoxy) is 3. The molecule has 0 bridgehead atoms. The fraction of sp³-hybridized carbons (Fsp3) is 0.448. The molecule has 1 N–H and O–H groups in total. The lowest BCUT2D eigenvalue weighted by atomic mass is 9.93. The minimum atomic E-state index is -0.554. The molecule has 2 heterocycles. The Morgan fingerprint density at radius 2 is 1.77 bits per heavy atom. The van der Waals surface area contributed by atoms with E-state index in [9.17, 15) is 9.59 Å². The van der Waals surface area contributed by atoms with Crippen LogP contribution in [0.15, 0.2) is 48.5 Å². The predicted octanol–water partition coefficient (Wildman–Crippen LogP) is 4.97. The minimum Gasteiger partial charge on any atom is -0.441 e. The van der Waals surface area contributed by atoms with Crippen LogP contribution in [0.3, 0.4) is 0 Å². The van der Waals surface area contributed by atoms with Crippen molar-refractivity contribution in [2.24, 2.45) is 13.0 Å². The van der Waals surface area contributed by atoms with Crippen LogP contribution < -0.4 is 15.0 Å². The van der Waals surface area contributed by atoms with Gasteiger partial charge in [-0.1, -0.05) is 29.5 Å². The van der Waals surface area contributed by atoms with E-state index in [-0.39, 0.29) is 17.8 Å². The average molecular weight is 534 g/mol. The maximum atomic E-state index is 12.8. The highest BCUT2D eigenvalue weighted by atomic mass is 16.6. The number of aryl methyl sites for hydroxylation is 1. The molecule has 206 valence electrons. The number of esters is 1. The van der Waals surface area contributed by atoms with Gasteiger partial charge in [0.25, 0.3) is 0 Å². The van der Waals surface area contributed by atoms with Crippen LogP contribution in [-0.2, 0) is 27.9 Å². The Balaban J connectivity index is 1.17. The minimum absolute atomic E-state index is 0.0760. The monoisotopic (exact) mass is 533 g/mol. The molecule has 1 aliphatic heterocycles. The van der Waals surface area contributed by atoms with Gasteiger partial charge in [0, 0.05) is 38.9 Å². The van der Waals surface area contributed by atoms with Crippen molar-refractivity contribution in [3.63, 3.8) is 0 Å². The molecule has 2 fully saturated rings. The van der Waals surface area contributed by atoms with E-state index in [1.807, 2.05) is 55.5 Å². The van der Waals surface area contributed by atoms with Crippen LogP contribution in [0.1, 0.15) is 61.4 Å². The van der Waals surface area contributed by atoms with Crippen LogP contribution in [0, 0.1) is 5.92 Å². The van der Waals surface area contributed by atoms with E-state index in [1.54, 1.807) is 18.8 Å². The number of hydrogen-bond donors (Lipinski definition) is 1. The van der Waals surface area contributed by atoms with Crippen molar-refractivity contribution in [1.82, 2.24) is 15.0 Å². The van der Waals surface area contributed by atoms with Gasteiger partial charge in [-0.15, -0.1) is 5.10 Å². The standard InChI is InChI=1S/C29H35N5O5/c1-19(25-7-5-4-6-22(25)18-37-3)38-29(36)30-27-26(31-32-33(27)2)20-14-16-34(17-15-20)23-10-12-24(13-11-23)39-28(35)21-8-9-21/h4-7,10-13,19-21H,8-9,14-18H2,1-3H3,(H,30,36). The third-order valence-corrected chi connectivity index (χ3v) is 7.36. The lowest BCUT2D eigenvalue weighted by Gasteiger charge is -2.33. The number of aromatic nitrogens is 3. The molecule has 1 saturated heterocycles. The first kappa shape index (κ1) is 26.7. The van der Waals surface area contributed by atoms with Gasteiger partial charge < -0.3 is 19.1 Å². The summed E-state index contributed by atoms with van der Waals surface area (Å²) in [7, 11) is 3.40. The number of nitrogens with zero attached hydrogens (tertiary/aromatic N) is 4. The number of anilines is 2. The summed E-state index contributed by atoms with van der Waals surface area (Å²) in [5, 5.41) is 11.4. The summed E-state index contributed by atoms with van der Waals surface area (Å²) < 4.78 is 18.0. The van der Waals surface area contributed by atoms with Crippen molar-refractivity contribution in [2.45, 2.75) is 51.2 Å². The van der Waals surface area contributed by atoms with Crippen LogP contribution >= 0.6 is 0 Å². The van der Waals surface area contributed by atoms with E-state index in [4.69, 9.17) is 14.2 Å². The Hall–Kier alpha value is -3.92. The molecule has 10 heteroatoms. The number of carbonyl (C=O) groups is 2. The predicted molar refractivity (Wildman–Crippen MR) is 146 cm³/mol. The van der Waals surface area contributed by atoms with Crippen molar-refractivity contribution in [2.75, 3.05) is 30.4 Å². The van der Waals surface area contributed by atoms with E-state index in [1.165, 1.54) is 0 Å². The van der Waals surface area contributed by atoms with E-state index in [0.29, 0.717) is 18.2 Å². The van der Waals surface area contributed by atoms with Crippen LogP contribution in [0.2, 0.25) is 0 Å². The molecule has 0 radical (unpaired) electrons. The maximum absolute atomic E-state index is 12.8. The quantitative estimate of drug-likeness (QED) is 0.303. The zero-order valence-electron chi connectivity index (χ0n) is 22.6. The molecule has 1 unspecified atom stereocenters. The molecular weight excluding hydrogens is 498 g/mol. The van der Waals surface area contributed by atoms with Crippen LogP contribution in [0.25, 0.3) is 0 Å². The Morgan fingerprint density at radius 3 is 2.46 bits per heavy atom. The van der Waals surface area contributed by atoms with E-state index < -0.39 is 12.2 Å². The first-order valence-electron chi connectivity index (χ1n) is 13.4. The van der Waals surface area contributed by atoms with Gasteiger partial charge in [-0.3, -0.25) is 10.1 Å². The average Bonchev–Trinajstić information content (AvgIpc) is 3.74. The molecule has 39 heavy (non-hydrogen) atoms. The Morgan fingerprint density at radius 1 is 1.05 bits per heavy atom. The molecule has 2 aromatic carbocycles. The van der Waals surface area contributed by atoms with Gasteiger partial charge in [0.1, 0.15) is 17.5 Å². The van der Waals surface area contributed by atoms with Gasteiger partial charge >= 0.3 is 12.1 Å². The summed E-state index contributed by atoms with van der Waals surface area (Å²) in [5.41, 5.74) is 3.73. The first-order valence-corrected chi connectivity index (χ1v) is 13.4. The highest BCUT2D eigenvalue weighted by Crippen LogP contribution is 2.34. The summed E-state index contributed by atoms with van der Waals surface area (Å²) in [6.07, 6.45) is 2.58. The second kappa shape index (κ2) is 11.9. The Bertz CT molecular complexity index is 1300.